The van der Waals surface area contributed by atoms with E-state index in [-0.39, 0.29) is 37.1 Å². The van der Waals surface area contributed by atoms with Crippen molar-refractivity contribution in [1.29, 1.82) is 0 Å². The molecule has 0 saturated carbocycles. The highest BCUT2D eigenvalue weighted by molar-refractivity contribution is 5.31. The number of aromatic hydroxyl groups is 1. The molecular formula is C26H29F2NO4. The number of phenols is 1. The van der Waals surface area contributed by atoms with Crippen LogP contribution in [0.25, 0.3) is 0 Å². The number of benzene rings is 3. The number of hydrogen-bond donors (Lipinski definition) is 3. The molecule has 2 atom stereocenters. The molecule has 7 heteroatoms. The van der Waals surface area contributed by atoms with Crippen molar-refractivity contribution in [3.8, 4) is 5.75 Å². The molecule has 0 fully saturated rings. The van der Waals surface area contributed by atoms with E-state index in [0.717, 1.165) is 0 Å². The van der Waals surface area contributed by atoms with Crippen molar-refractivity contribution in [2.75, 3.05) is 26.2 Å². The zero-order chi connectivity index (χ0) is 23.8. The summed E-state index contributed by atoms with van der Waals surface area (Å²) < 4.78 is 32.8. The molecule has 3 N–H and O–H groups in total. The van der Waals surface area contributed by atoms with Gasteiger partial charge in [-0.25, -0.2) is 8.78 Å². The van der Waals surface area contributed by atoms with Crippen LogP contribution >= 0.6 is 0 Å². The topological polar surface area (TPSA) is 73.2 Å². The van der Waals surface area contributed by atoms with Crippen molar-refractivity contribution in [3.63, 3.8) is 0 Å². The fourth-order valence-electron chi connectivity index (χ4n) is 3.63. The molecule has 0 radical (unpaired) electrons. The predicted molar refractivity (Wildman–Crippen MR) is 122 cm³/mol. The summed E-state index contributed by atoms with van der Waals surface area (Å²) in [6.07, 6.45) is -2.28. The van der Waals surface area contributed by atoms with Gasteiger partial charge in [0.1, 0.15) is 23.5 Å². The van der Waals surface area contributed by atoms with Gasteiger partial charge in [0.15, 0.2) is 0 Å². The number of hydrogen-bond acceptors (Lipinski definition) is 5. The number of likely N-dealkylation sites (N-methyl/N-ethyl adjacent to an activating group) is 1. The Morgan fingerprint density at radius 1 is 0.818 bits per heavy atom. The Morgan fingerprint density at radius 3 is 1.91 bits per heavy atom. The number of nitrogens with zero attached hydrogens (tertiary/aromatic N) is 1. The molecule has 2 unspecified atom stereocenters. The van der Waals surface area contributed by atoms with Crippen LogP contribution < -0.4 is 0 Å². The second kappa shape index (κ2) is 11.9. The molecule has 0 aromatic heterocycles. The minimum atomic E-state index is -0.857. The Kier molecular flexibility index (Phi) is 8.91. The highest BCUT2D eigenvalue weighted by atomic mass is 19.1. The standard InChI is InChI=1S/C26H29F2NO4/c1-2-29(16-25(32)20-4-3-5-23(30)14-20)15-24(31)17-33-26(18-6-10-21(27)11-7-18)19-8-12-22(28)13-9-19/h3-14,24-26,30-32H,2,15-17H2,1H3. The van der Waals surface area contributed by atoms with E-state index in [0.29, 0.717) is 23.2 Å². The van der Waals surface area contributed by atoms with Crippen LogP contribution in [0.5, 0.6) is 5.75 Å². The van der Waals surface area contributed by atoms with Crippen LogP contribution in [0, 0.1) is 11.6 Å². The second-order valence-electron chi connectivity index (χ2n) is 7.93. The van der Waals surface area contributed by atoms with Crippen molar-refractivity contribution in [2.24, 2.45) is 0 Å². The molecule has 0 aliphatic heterocycles. The van der Waals surface area contributed by atoms with Gasteiger partial charge < -0.3 is 20.1 Å². The van der Waals surface area contributed by atoms with Crippen molar-refractivity contribution < 1.29 is 28.8 Å². The summed E-state index contributed by atoms with van der Waals surface area (Å²) in [6.45, 7) is 3.02. The molecule has 0 spiro atoms. The van der Waals surface area contributed by atoms with Gasteiger partial charge >= 0.3 is 0 Å². The third-order valence-electron chi connectivity index (χ3n) is 5.40. The normalized spacial score (nSPS) is 13.4. The Morgan fingerprint density at radius 2 is 1.39 bits per heavy atom. The van der Waals surface area contributed by atoms with E-state index in [1.807, 2.05) is 11.8 Å². The van der Waals surface area contributed by atoms with Gasteiger partial charge in [0.25, 0.3) is 0 Å². The largest absolute Gasteiger partial charge is 0.508 e. The van der Waals surface area contributed by atoms with Crippen molar-refractivity contribution in [1.82, 2.24) is 4.90 Å². The molecule has 3 rings (SSSR count). The third kappa shape index (κ3) is 7.33. The summed E-state index contributed by atoms with van der Waals surface area (Å²) >= 11 is 0. The highest BCUT2D eigenvalue weighted by Gasteiger charge is 2.20. The number of aliphatic hydroxyl groups excluding tert-OH is 2. The number of halogens is 2. The fourth-order valence-corrected chi connectivity index (χ4v) is 3.63. The first kappa shape index (κ1) is 24.8. The average Bonchev–Trinajstić information content (AvgIpc) is 2.81. The van der Waals surface area contributed by atoms with Gasteiger partial charge in [-0.3, -0.25) is 4.90 Å². The molecule has 3 aromatic carbocycles. The third-order valence-corrected chi connectivity index (χ3v) is 5.40. The van der Waals surface area contributed by atoms with Crippen molar-refractivity contribution in [2.45, 2.75) is 25.2 Å². The van der Waals surface area contributed by atoms with E-state index >= 15 is 0 Å². The SMILES string of the molecule is CCN(CC(O)COC(c1ccc(F)cc1)c1ccc(F)cc1)CC(O)c1cccc(O)c1. The Labute approximate surface area is 192 Å². The Bertz CT molecular complexity index is 952. The van der Waals surface area contributed by atoms with Crippen LogP contribution in [0.3, 0.4) is 0 Å². The van der Waals surface area contributed by atoms with Crippen LogP contribution in [-0.4, -0.2) is 52.6 Å². The van der Waals surface area contributed by atoms with Crippen molar-refractivity contribution in [3.05, 3.63) is 101 Å². The van der Waals surface area contributed by atoms with Crippen LogP contribution in [0.1, 0.15) is 35.8 Å². The minimum Gasteiger partial charge on any atom is -0.508 e. The van der Waals surface area contributed by atoms with Crippen molar-refractivity contribution >= 4 is 0 Å². The molecule has 0 aliphatic rings. The highest BCUT2D eigenvalue weighted by Crippen LogP contribution is 2.27. The number of aliphatic hydroxyl groups is 2. The number of phenolic OH excluding ortho intramolecular Hbond substituents is 1. The molecule has 5 nitrogen and oxygen atoms in total. The molecule has 0 amide bonds. The first-order valence-corrected chi connectivity index (χ1v) is 10.9. The molecule has 0 saturated heterocycles. The molecule has 0 heterocycles. The van der Waals surface area contributed by atoms with Crippen LogP contribution in [0.2, 0.25) is 0 Å². The van der Waals surface area contributed by atoms with Gasteiger partial charge in [-0.15, -0.1) is 0 Å². The maximum absolute atomic E-state index is 13.4. The van der Waals surface area contributed by atoms with Crippen LogP contribution in [0.4, 0.5) is 8.78 Å². The zero-order valence-corrected chi connectivity index (χ0v) is 18.4. The summed E-state index contributed by atoms with van der Waals surface area (Å²) in [5, 5.41) is 30.7. The molecule has 0 aliphatic carbocycles. The van der Waals surface area contributed by atoms with E-state index in [9.17, 15) is 24.1 Å². The van der Waals surface area contributed by atoms with E-state index in [1.54, 1.807) is 36.4 Å². The number of rotatable bonds is 11. The summed E-state index contributed by atoms with van der Waals surface area (Å²) in [5.74, 6) is -0.670. The predicted octanol–water partition coefficient (Wildman–Crippen LogP) is 4.19. The maximum Gasteiger partial charge on any atom is 0.123 e. The lowest BCUT2D eigenvalue weighted by atomic mass is 10.0. The van der Waals surface area contributed by atoms with Gasteiger partial charge in [0.2, 0.25) is 0 Å². The lowest BCUT2D eigenvalue weighted by Gasteiger charge is -2.27. The second-order valence-corrected chi connectivity index (χ2v) is 7.93. The zero-order valence-electron chi connectivity index (χ0n) is 18.4. The van der Waals surface area contributed by atoms with Crippen LogP contribution in [-0.2, 0) is 4.74 Å². The first-order valence-electron chi connectivity index (χ1n) is 10.9. The molecule has 176 valence electrons. The van der Waals surface area contributed by atoms with E-state index in [2.05, 4.69) is 0 Å². The van der Waals surface area contributed by atoms with Gasteiger partial charge in [0.05, 0.1) is 18.8 Å². The Hall–Kier alpha value is -2.84. The summed E-state index contributed by atoms with van der Waals surface area (Å²) in [5.41, 5.74) is 1.95. The fraction of sp³-hybridized carbons (Fsp3) is 0.308. The van der Waals surface area contributed by atoms with Gasteiger partial charge in [-0.2, -0.15) is 0 Å². The number of ether oxygens (including phenoxy) is 1. The maximum atomic E-state index is 13.4. The van der Waals surface area contributed by atoms with Gasteiger partial charge in [-0.1, -0.05) is 43.3 Å². The first-order chi connectivity index (χ1) is 15.9. The lowest BCUT2D eigenvalue weighted by Crippen LogP contribution is -2.37. The average molecular weight is 458 g/mol. The molecule has 0 bridgehead atoms. The minimum absolute atomic E-state index is 0.0157. The smallest absolute Gasteiger partial charge is 0.123 e. The molecule has 3 aromatic rings. The molecule has 33 heavy (non-hydrogen) atoms. The van der Waals surface area contributed by atoms with Gasteiger partial charge in [-0.05, 0) is 59.6 Å². The van der Waals surface area contributed by atoms with E-state index < -0.39 is 18.3 Å². The van der Waals surface area contributed by atoms with Crippen LogP contribution in [0.15, 0.2) is 72.8 Å². The summed E-state index contributed by atoms with van der Waals surface area (Å²) in [4.78, 5) is 1.88. The van der Waals surface area contributed by atoms with E-state index in [4.69, 9.17) is 4.74 Å². The molecular weight excluding hydrogens is 428 g/mol. The lowest BCUT2D eigenvalue weighted by molar-refractivity contribution is -0.0132. The van der Waals surface area contributed by atoms with Gasteiger partial charge in [0, 0.05) is 13.1 Å². The summed E-state index contributed by atoms with van der Waals surface area (Å²) in [6, 6.07) is 18.1. The van der Waals surface area contributed by atoms with E-state index in [1.165, 1.54) is 36.4 Å². The monoisotopic (exact) mass is 457 g/mol. The quantitative estimate of drug-likeness (QED) is 0.403. The summed E-state index contributed by atoms with van der Waals surface area (Å²) in [7, 11) is 0. The Balaban J connectivity index is 1.63.